The number of carbonyl (C=O) groups is 1. The first kappa shape index (κ1) is 19.6. The van der Waals surface area contributed by atoms with E-state index in [9.17, 15) is 13.2 Å². The van der Waals surface area contributed by atoms with Gasteiger partial charge >= 0.3 is 0 Å². The third kappa shape index (κ3) is 5.39. The minimum Gasteiger partial charge on any atom is -0.348 e. The molecule has 0 heterocycles. The number of carbonyl (C=O) groups excluding carboxylic acids is 1. The van der Waals surface area contributed by atoms with Gasteiger partial charge in [-0.3, -0.25) is 4.79 Å². The van der Waals surface area contributed by atoms with E-state index in [-0.39, 0.29) is 23.4 Å². The largest absolute Gasteiger partial charge is 0.348 e. The van der Waals surface area contributed by atoms with Crippen LogP contribution in [0.4, 0.5) is 0 Å². The highest BCUT2D eigenvalue weighted by Crippen LogP contribution is 2.26. The van der Waals surface area contributed by atoms with Crippen molar-refractivity contribution in [3.05, 3.63) is 42.5 Å². The molecule has 138 valence electrons. The third-order valence-corrected chi connectivity index (χ3v) is 6.03. The zero-order valence-corrected chi connectivity index (χ0v) is 15.2. The maximum Gasteiger partial charge on any atom is 0.251 e. The van der Waals surface area contributed by atoms with Crippen molar-refractivity contribution in [1.82, 2.24) is 10.0 Å². The summed E-state index contributed by atoms with van der Waals surface area (Å²) >= 11 is 0. The molecule has 7 heteroatoms. The SMILES string of the molecule is C=CCNS(=O)(=O)c1cccc(C(=O)NC(CN)C2CCCCC2)c1. The lowest BCUT2D eigenvalue weighted by molar-refractivity contribution is 0.0915. The first-order valence-electron chi connectivity index (χ1n) is 8.69. The fraction of sp³-hybridized carbons (Fsp3) is 0.500. The van der Waals surface area contributed by atoms with Crippen molar-refractivity contribution in [3.63, 3.8) is 0 Å². The predicted octanol–water partition coefficient (Wildman–Crippen LogP) is 1.79. The molecule has 1 saturated carbocycles. The van der Waals surface area contributed by atoms with Gasteiger partial charge in [0.25, 0.3) is 5.91 Å². The van der Waals surface area contributed by atoms with Gasteiger partial charge in [0, 0.05) is 24.7 Å². The first-order valence-corrected chi connectivity index (χ1v) is 10.2. The van der Waals surface area contributed by atoms with Crippen LogP contribution in [0.5, 0.6) is 0 Å². The van der Waals surface area contributed by atoms with Gasteiger partial charge in [-0.2, -0.15) is 0 Å². The Hall–Kier alpha value is -1.70. The number of rotatable bonds is 8. The number of nitrogens with one attached hydrogen (secondary N) is 2. The average Bonchev–Trinajstić information content (AvgIpc) is 2.65. The second-order valence-electron chi connectivity index (χ2n) is 6.38. The average molecular weight is 365 g/mol. The second kappa shape index (κ2) is 9.12. The van der Waals surface area contributed by atoms with Crippen LogP contribution in [0, 0.1) is 5.92 Å². The van der Waals surface area contributed by atoms with Crippen LogP contribution in [0.25, 0.3) is 0 Å². The molecule has 0 aromatic heterocycles. The maximum atomic E-state index is 12.6. The fourth-order valence-electron chi connectivity index (χ4n) is 3.21. The van der Waals surface area contributed by atoms with E-state index in [0.29, 0.717) is 18.0 Å². The van der Waals surface area contributed by atoms with Gasteiger partial charge < -0.3 is 11.1 Å². The van der Waals surface area contributed by atoms with Gasteiger partial charge in [-0.25, -0.2) is 13.1 Å². The molecule has 0 aliphatic heterocycles. The highest BCUT2D eigenvalue weighted by molar-refractivity contribution is 7.89. The van der Waals surface area contributed by atoms with Crippen LogP contribution in [0.2, 0.25) is 0 Å². The number of hydrogen-bond donors (Lipinski definition) is 3. The molecule has 0 spiro atoms. The Labute approximate surface area is 149 Å². The van der Waals surface area contributed by atoms with Gasteiger partial charge in [-0.15, -0.1) is 6.58 Å². The van der Waals surface area contributed by atoms with Crippen molar-refractivity contribution >= 4 is 15.9 Å². The molecule has 1 atom stereocenters. The quantitative estimate of drug-likeness (QED) is 0.611. The van der Waals surface area contributed by atoms with Gasteiger partial charge in [0.1, 0.15) is 0 Å². The Balaban J connectivity index is 2.10. The van der Waals surface area contributed by atoms with Crippen LogP contribution in [0.3, 0.4) is 0 Å². The van der Waals surface area contributed by atoms with Crippen LogP contribution in [-0.4, -0.2) is 33.5 Å². The molecular weight excluding hydrogens is 338 g/mol. The molecule has 1 unspecified atom stereocenters. The molecule has 1 aromatic carbocycles. The molecule has 1 fully saturated rings. The lowest BCUT2D eigenvalue weighted by Gasteiger charge is -2.30. The molecule has 0 saturated heterocycles. The van der Waals surface area contributed by atoms with E-state index in [0.717, 1.165) is 12.8 Å². The summed E-state index contributed by atoms with van der Waals surface area (Å²) in [5, 5.41) is 2.98. The summed E-state index contributed by atoms with van der Waals surface area (Å²) in [7, 11) is -3.66. The number of sulfonamides is 1. The summed E-state index contributed by atoms with van der Waals surface area (Å²) in [5.74, 6) is 0.102. The zero-order chi connectivity index (χ0) is 18.3. The van der Waals surface area contributed by atoms with Crippen LogP contribution in [-0.2, 0) is 10.0 Å². The molecule has 1 aromatic rings. The van der Waals surface area contributed by atoms with E-state index in [2.05, 4.69) is 16.6 Å². The molecule has 1 aliphatic carbocycles. The third-order valence-electron chi connectivity index (χ3n) is 4.61. The van der Waals surface area contributed by atoms with Crippen LogP contribution >= 0.6 is 0 Å². The Morgan fingerprint density at radius 2 is 2.04 bits per heavy atom. The van der Waals surface area contributed by atoms with E-state index in [1.54, 1.807) is 12.1 Å². The fourth-order valence-corrected chi connectivity index (χ4v) is 4.26. The second-order valence-corrected chi connectivity index (χ2v) is 8.15. The molecule has 2 rings (SSSR count). The summed E-state index contributed by atoms with van der Waals surface area (Å²) < 4.78 is 26.8. The Bertz CT molecular complexity index is 697. The van der Waals surface area contributed by atoms with E-state index in [1.807, 2.05) is 0 Å². The van der Waals surface area contributed by atoms with Crippen molar-refractivity contribution < 1.29 is 13.2 Å². The van der Waals surface area contributed by atoms with E-state index >= 15 is 0 Å². The summed E-state index contributed by atoms with van der Waals surface area (Å²) in [4.78, 5) is 12.6. The van der Waals surface area contributed by atoms with E-state index < -0.39 is 10.0 Å². The van der Waals surface area contributed by atoms with Crippen molar-refractivity contribution in [2.45, 2.75) is 43.0 Å². The van der Waals surface area contributed by atoms with Crippen molar-refractivity contribution in [2.75, 3.05) is 13.1 Å². The summed E-state index contributed by atoms with van der Waals surface area (Å²) in [6, 6.07) is 5.94. The number of nitrogens with two attached hydrogens (primary N) is 1. The van der Waals surface area contributed by atoms with Crippen molar-refractivity contribution in [1.29, 1.82) is 0 Å². The van der Waals surface area contributed by atoms with Crippen LogP contribution in [0.1, 0.15) is 42.5 Å². The van der Waals surface area contributed by atoms with Gasteiger partial charge in [-0.1, -0.05) is 31.4 Å². The minimum atomic E-state index is -3.66. The first-order chi connectivity index (χ1) is 12.0. The summed E-state index contributed by atoms with van der Waals surface area (Å²) in [6.45, 7) is 4.01. The summed E-state index contributed by atoms with van der Waals surface area (Å²) in [6.07, 6.45) is 7.17. The lowest BCUT2D eigenvalue weighted by Crippen LogP contribution is -2.45. The standard InChI is InChI=1S/C18H27N3O3S/c1-2-11-20-25(23,24)16-10-6-9-15(12-16)18(22)21-17(13-19)14-7-4-3-5-8-14/h2,6,9-10,12,14,17,20H,1,3-5,7-8,11,13,19H2,(H,21,22). The molecule has 1 amide bonds. The molecule has 25 heavy (non-hydrogen) atoms. The molecule has 0 radical (unpaired) electrons. The number of benzene rings is 1. The van der Waals surface area contributed by atoms with Crippen molar-refractivity contribution in [3.8, 4) is 0 Å². The molecule has 1 aliphatic rings. The van der Waals surface area contributed by atoms with Crippen molar-refractivity contribution in [2.24, 2.45) is 11.7 Å². The Kier molecular flexibility index (Phi) is 7.16. The lowest BCUT2D eigenvalue weighted by atomic mass is 9.84. The highest BCUT2D eigenvalue weighted by Gasteiger charge is 2.25. The van der Waals surface area contributed by atoms with Gasteiger partial charge in [0.2, 0.25) is 10.0 Å². The zero-order valence-electron chi connectivity index (χ0n) is 14.4. The monoisotopic (exact) mass is 365 g/mol. The van der Waals surface area contributed by atoms with E-state index in [4.69, 9.17) is 5.73 Å². The maximum absolute atomic E-state index is 12.6. The molecular formula is C18H27N3O3S. The highest BCUT2D eigenvalue weighted by atomic mass is 32.2. The van der Waals surface area contributed by atoms with Gasteiger partial charge in [0.15, 0.2) is 0 Å². The minimum absolute atomic E-state index is 0.0592. The molecule has 0 bridgehead atoms. The van der Waals surface area contributed by atoms with Gasteiger partial charge in [0.05, 0.1) is 4.90 Å². The normalized spacial score (nSPS) is 17.0. The predicted molar refractivity (Wildman–Crippen MR) is 98.7 cm³/mol. The molecule has 4 N–H and O–H groups in total. The topological polar surface area (TPSA) is 101 Å². The van der Waals surface area contributed by atoms with Crippen LogP contribution in [0.15, 0.2) is 41.8 Å². The molecule has 6 nitrogen and oxygen atoms in total. The smallest absolute Gasteiger partial charge is 0.251 e. The summed E-state index contributed by atoms with van der Waals surface area (Å²) in [5.41, 5.74) is 6.17. The number of hydrogen-bond acceptors (Lipinski definition) is 4. The Morgan fingerprint density at radius 1 is 1.32 bits per heavy atom. The van der Waals surface area contributed by atoms with E-state index in [1.165, 1.54) is 37.5 Å². The van der Waals surface area contributed by atoms with Gasteiger partial charge in [-0.05, 0) is 37.0 Å². The Morgan fingerprint density at radius 3 is 2.68 bits per heavy atom. The van der Waals surface area contributed by atoms with Crippen LogP contribution < -0.4 is 15.8 Å². The number of amides is 1.